The Morgan fingerprint density at radius 2 is 1.22 bits per heavy atom. The van der Waals surface area contributed by atoms with Crippen molar-refractivity contribution in [3.8, 4) is 0 Å². The predicted molar refractivity (Wildman–Crippen MR) is 23.9 cm³/mol. The molecule has 0 bridgehead atoms. The van der Waals surface area contributed by atoms with Gasteiger partial charge in [0, 0.05) is 0 Å². The second-order valence-corrected chi connectivity index (χ2v) is 0.927. The molecular weight excluding hydrogens is 147 g/mol. The molecular formula is C2H3AlO6. The molecule has 0 saturated heterocycles. The first-order valence-electron chi connectivity index (χ1n) is 1.60. The first-order chi connectivity index (χ1) is 4.06. The van der Waals surface area contributed by atoms with Gasteiger partial charge in [-0.05, 0) is 0 Å². The molecule has 0 fully saturated rings. The van der Waals surface area contributed by atoms with E-state index in [4.69, 9.17) is 27.8 Å². The summed E-state index contributed by atoms with van der Waals surface area (Å²) >= 11 is -1.50. The van der Waals surface area contributed by atoms with E-state index >= 15 is 0 Å². The summed E-state index contributed by atoms with van der Waals surface area (Å²) in [6.45, 7) is 0. The van der Waals surface area contributed by atoms with Gasteiger partial charge in [-0.15, -0.1) is 0 Å². The van der Waals surface area contributed by atoms with Crippen molar-refractivity contribution in [2.24, 2.45) is 0 Å². The van der Waals surface area contributed by atoms with E-state index < -0.39 is 27.4 Å². The van der Waals surface area contributed by atoms with Crippen LogP contribution in [0.1, 0.15) is 0 Å². The zero-order valence-electron chi connectivity index (χ0n) is 4.14. The quantitative estimate of drug-likeness (QED) is 0.274. The number of carboxylic acids is 2. The van der Waals surface area contributed by atoms with E-state index in [1.165, 1.54) is 0 Å². The molecule has 9 heavy (non-hydrogen) atoms. The second-order valence-electron chi connectivity index (χ2n) is 0.716. The average Bonchev–Trinajstić information content (AvgIpc) is 1.68. The zero-order valence-corrected chi connectivity index (χ0v) is 5.30. The molecule has 6 nitrogen and oxygen atoms in total. The van der Waals surface area contributed by atoms with E-state index in [-0.39, 0.29) is 0 Å². The van der Waals surface area contributed by atoms with Crippen LogP contribution in [0.2, 0.25) is 0 Å². The van der Waals surface area contributed by atoms with Gasteiger partial charge in [0.15, 0.2) is 0 Å². The molecule has 0 aromatic heterocycles. The fraction of sp³-hybridized carbons (Fsp3) is 0. The van der Waals surface area contributed by atoms with Crippen LogP contribution in [-0.4, -0.2) is 41.8 Å². The molecule has 0 aliphatic rings. The molecule has 0 aromatic carbocycles. The summed E-state index contributed by atoms with van der Waals surface area (Å²) in [6.07, 6.45) is 0. The molecule has 3 N–H and O–H groups in total. The average molecular weight is 150 g/mol. The van der Waals surface area contributed by atoms with Crippen molar-refractivity contribution in [2.75, 3.05) is 0 Å². The Morgan fingerprint density at radius 3 is 1.22 bits per heavy atom. The van der Waals surface area contributed by atoms with Gasteiger partial charge in [-0.1, -0.05) is 0 Å². The van der Waals surface area contributed by atoms with Crippen LogP contribution in [0.4, 0.5) is 0 Å². The van der Waals surface area contributed by atoms with Gasteiger partial charge < -0.3 is 10.2 Å². The van der Waals surface area contributed by atoms with Crippen LogP contribution >= 0.6 is 0 Å². The minimum atomic E-state index is -1.82. The molecule has 7 heteroatoms. The Bertz CT molecular complexity index is 106. The third kappa shape index (κ3) is 19.3. The van der Waals surface area contributed by atoms with E-state index in [1.54, 1.807) is 0 Å². The molecule has 0 spiro atoms. The third-order valence-electron chi connectivity index (χ3n) is 0.183. The summed E-state index contributed by atoms with van der Waals surface area (Å²) in [7, 11) is 0. The summed E-state index contributed by atoms with van der Waals surface area (Å²) in [5.74, 6) is -3.65. The molecule has 0 radical (unpaired) electrons. The Labute approximate surface area is 56.0 Å². The van der Waals surface area contributed by atoms with Crippen molar-refractivity contribution < 1.29 is 27.8 Å². The van der Waals surface area contributed by atoms with Crippen molar-refractivity contribution in [1.29, 1.82) is 0 Å². The SMILES string of the molecule is O=C(O)C(=O)O.[O]=[Al][OH]. The Kier molecular flexibility index (Phi) is 8.60. The van der Waals surface area contributed by atoms with Gasteiger partial charge in [-0.25, -0.2) is 9.59 Å². The van der Waals surface area contributed by atoms with Gasteiger partial charge >= 0.3 is 35.4 Å². The van der Waals surface area contributed by atoms with Crippen LogP contribution in [0, 0.1) is 0 Å². The number of aliphatic carboxylic acids is 2. The molecule has 0 aliphatic carbocycles. The van der Waals surface area contributed by atoms with E-state index in [0.29, 0.717) is 0 Å². The fourth-order valence-corrected chi connectivity index (χ4v) is 0. The molecule has 0 rings (SSSR count). The number of carbonyl (C=O) groups is 2. The van der Waals surface area contributed by atoms with E-state index in [0.717, 1.165) is 0 Å². The molecule has 0 atom stereocenters. The Morgan fingerprint density at radius 1 is 1.11 bits per heavy atom. The van der Waals surface area contributed by atoms with Gasteiger partial charge in [0.25, 0.3) is 0 Å². The van der Waals surface area contributed by atoms with Crippen molar-refractivity contribution >= 4 is 27.4 Å². The molecule has 0 amide bonds. The Hall–Kier alpha value is -0.928. The maximum atomic E-state index is 9.10. The van der Waals surface area contributed by atoms with Crippen molar-refractivity contribution in [3.63, 3.8) is 0 Å². The summed E-state index contributed by atoms with van der Waals surface area (Å²) in [5.41, 5.74) is 0. The number of hydrogen-bond acceptors (Lipinski definition) is 3. The van der Waals surface area contributed by atoms with Crippen LogP contribution < -0.4 is 0 Å². The molecule has 0 aromatic rings. The van der Waals surface area contributed by atoms with E-state index in [2.05, 4.69) is 0 Å². The summed E-state index contributed by atoms with van der Waals surface area (Å²) in [4.78, 5) is 18.2. The maximum absolute atomic E-state index is 9.10. The number of carboxylic acid groups (broad SMARTS) is 2. The monoisotopic (exact) mass is 150 g/mol. The first kappa shape index (κ1) is 11.0. The predicted octanol–water partition coefficient (Wildman–Crippen LogP) is -1.90. The van der Waals surface area contributed by atoms with Crippen LogP contribution in [0.15, 0.2) is 0 Å². The molecule has 50 valence electrons. The minimum absolute atomic E-state index is 1.50. The summed E-state index contributed by atoms with van der Waals surface area (Å²) in [5, 5.41) is 14.8. The van der Waals surface area contributed by atoms with Crippen LogP contribution in [0.5, 0.6) is 0 Å². The molecule has 0 heterocycles. The summed E-state index contributed by atoms with van der Waals surface area (Å²) < 4.78 is 15.7. The number of hydrogen-bond donors (Lipinski definition) is 3. The van der Waals surface area contributed by atoms with Gasteiger partial charge in [0.05, 0.1) is 0 Å². The third-order valence-corrected chi connectivity index (χ3v) is 0.183. The van der Waals surface area contributed by atoms with Crippen molar-refractivity contribution in [2.45, 2.75) is 0 Å². The van der Waals surface area contributed by atoms with Crippen molar-refractivity contribution in [1.82, 2.24) is 0 Å². The van der Waals surface area contributed by atoms with E-state index in [9.17, 15) is 0 Å². The first-order valence-corrected chi connectivity index (χ1v) is 2.59. The number of rotatable bonds is 0. The van der Waals surface area contributed by atoms with Crippen molar-refractivity contribution in [3.05, 3.63) is 0 Å². The van der Waals surface area contributed by atoms with Crippen LogP contribution in [0.3, 0.4) is 0 Å². The summed E-state index contributed by atoms with van der Waals surface area (Å²) in [6, 6.07) is 0. The topological polar surface area (TPSA) is 112 Å². The van der Waals surface area contributed by atoms with Crippen LogP contribution in [-0.2, 0) is 13.4 Å². The molecule has 0 unspecified atom stereocenters. The zero-order chi connectivity index (χ0) is 7.86. The van der Waals surface area contributed by atoms with Gasteiger partial charge in [-0.2, -0.15) is 0 Å². The molecule has 0 aliphatic heterocycles. The Balaban J connectivity index is 0. The van der Waals surface area contributed by atoms with Gasteiger partial charge in [-0.3, -0.25) is 0 Å². The second kappa shape index (κ2) is 7.07. The normalized spacial score (nSPS) is 5.78. The standard InChI is InChI=1S/C2H2O4.Al.H2O.O/c3-1(4)2(5)6;;;/h(H,3,4)(H,5,6);;1H2;/q;+1;;/p-1. The molecule has 0 saturated carbocycles. The fourth-order valence-electron chi connectivity index (χ4n) is 0. The van der Waals surface area contributed by atoms with E-state index in [1.807, 2.05) is 0 Å². The van der Waals surface area contributed by atoms with Gasteiger partial charge in [0.1, 0.15) is 0 Å². The van der Waals surface area contributed by atoms with Crippen LogP contribution in [0.25, 0.3) is 0 Å². The van der Waals surface area contributed by atoms with Gasteiger partial charge in [0.2, 0.25) is 0 Å².